The number of hydrogen-bond acceptors (Lipinski definition) is 8. The van der Waals surface area contributed by atoms with Crippen LogP contribution in [0.25, 0.3) is 28.1 Å². The Hall–Kier alpha value is -3.86. The van der Waals surface area contributed by atoms with Crippen LogP contribution < -0.4 is 11.1 Å². The van der Waals surface area contributed by atoms with Gasteiger partial charge in [0.25, 0.3) is 5.91 Å². The number of nitrogens with two attached hydrogens (primary N) is 1. The van der Waals surface area contributed by atoms with Gasteiger partial charge in [0, 0.05) is 25.2 Å². The second-order valence-corrected chi connectivity index (χ2v) is 7.99. The summed E-state index contributed by atoms with van der Waals surface area (Å²) < 4.78 is 1.92. The van der Waals surface area contributed by atoms with Gasteiger partial charge in [-0.05, 0) is 38.6 Å². The number of imidazole rings is 1. The van der Waals surface area contributed by atoms with E-state index in [4.69, 9.17) is 5.73 Å². The van der Waals surface area contributed by atoms with Crippen LogP contribution in [0.5, 0.6) is 0 Å². The molecule has 0 spiro atoms. The highest BCUT2D eigenvalue weighted by atomic mass is 16.1. The maximum atomic E-state index is 13.0. The fourth-order valence-electron chi connectivity index (χ4n) is 4.07. The van der Waals surface area contributed by atoms with E-state index in [0.717, 1.165) is 36.0 Å². The maximum absolute atomic E-state index is 13.0. The maximum Gasteiger partial charge on any atom is 0.273 e. The normalized spacial score (nSPS) is 16.6. The molecule has 1 aliphatic rings. The summed E-state index contributed by atoms with van der Waals surface area (Å²) in [6, 6.07) is 6.05. The van der Waals surface area contributed by atoms with Gasteiger partial charge in [-0.15, -0.1) is 4.80 Å². The van der Waals surface area contributed by atoms with Gasteiger partial charge in [-0.3, -0.25) is 4.79 Å². The number of benzene rings is 1. The first-order valence-corrected chi connectivity index (χ1v) is 10.5. The first-order chi connectivity index (χ1) is 15.5. The van der Waals surface area contributed by atoms with Crippen LogP contribution >= 0.6 is 0 Å². The van der Waals surface area contributed by atoms with Crippen molar-refractivity contribution in [1.29, 1.82) is 0 Å². The zero-order valence-electron chi connectivity index (χ0n) is 17.9. The van der Waals surface area contributed by atoms with Crippen LogP contribution in [0, 0.1) is 0 Å². The first-order valence-electron chi connectivity index (χ1n) is 10.5. The van der Waals surface area contributed by atoms with Gasteiger partial charge in [-0.25, -0.2) is 15.0 Å². The number of nitrogens with zero attached hydrogens (tertiary/aromatic N) is 8. The van der Waals surface area contributed by atoms with E-state index < -0.39 is 0 Å². The fraction of sp³-hybridized carbons (Fsp3) is 0.333. The van der Waals surface area contributed by atoms with Crippen molar-refractivity contribution in [2.24, 2.45) is 7.05 Å². The molecule has 1 fully saturated rings. The summed E-state index contributed by atoms with van der Waals surface area (Å²) >= 11 is 0. The number of nitrogens with one attached hydrogen (secondary N) is 1. The van der Waals surface area contributed by atoms with Crippen molar-refractivity contribution < 1.29 is 4.79 Å². The highest BCUT2D eigenvalue weighted by molar-refractivity contribution is 5.97. The van der Waals surface area contributed by atoms with Crippen LogP contribution in [0.4, 0.5) is 5.82 Å². The summed E-state index contributed by atoms with van der Waals surface area (Å²) in [5.41, 5.74) is 9.24. The first kappa shape index (κ1) is 20.1. The molecule has 32 heavy (non-hydrogen) atoms. The average Bonchev–Trinajstić information content (AvgIpc) is 3.54. The monoisotopic (exact) mass is 432 g/mol. The van der Waals surface area contributed by atoms with E-state index in [9.17, 15) is 4.79 Å². The fourth-order valence-corrected chi connectivity index (χ4v) is 4.07. The molecule has 0 saturated carbocycles. The van der Waals surface area contributed by atoms with Crippen LogP contribution in [0.2, 0.25) is 0 Å². The number of aryl methyl sites for hydroxylation is 1. The van der Waals surface area contributed by atoms with E-state index in [1.165, 1.54) is 4.80 Å². The van der Waals surface area contributed by atoms with E-state index in [1.54, 1.807) is 18.7 Å². The third kappa shape index (κ3) is 3.56. The molecular formula is C21H24N10O. The third-order valence-corrected chi connectivity index (χ3v) is 5.90. The molecule has 3 N–H and O–H groups in total. The topological polar surface area (TPSA) is 133 Å². The molecule has 0 aliphatic carbocycles. The molecule has 1 aliphatic heterocycles. The molecule has 1 atom stereocenters. The van der Waals surface area contributed by atoms with Gasteiger partial charge >= 0.3 is 0 Å². The number of anilines is 1. The van der Waals surface area contributed by atoms with Crippen LogP contribution in [0.15, 0.2) is 36.9 Å². The van der Waals surface area contributed by atoms with E-state index in [2.05, 4.69) is 42.4 Å². The molecule has 0 radical (unpaired) electrons. The number of nitrogen functional groups attached to an aromatic ring is 1. The molecule has 0 unspecified atom stereocenters. The van der Waals surface area contributed by atoms with E-state index in [1.807, 2.05) is 29.8 Å². The van der Waals surface area contributed by atoms with Crippen LogP contribution in [0.1, 0.15) is 23.3 Å². The lowest BCUT2D eigenvalue weighted by atomic mass is 10.1. The van der Waals surface area contributed by atoms with E-state index in [0.29, 0.717) is 24.1 Å². The molecule has 3 aromatic heterocycles. The lowest BCUT2D eigenvalue weighted by molar-refractivity contribution is 0.0939. The minimum Gasteiger partial charge on any atom is -0.382 e. The van der Waals surface area contributed by atoms with Crippen molar-refractivity contribution in [1.82, 2.24) is 44.7 Å². The number of fused-ring (bicyclic) bond motifs is 1. The largest absolute Gasteiger partial charge is 0.382 e. The van der Waals surface area contributed by atoms with Crippen molar-refractivity contribution in [3.8, 4) is 17.1 Å². The van der Waals surface area contributed by atoms with Crippen molar-refractivity contribution in [3.05, 3.63) is 42.6 Å². The quantitative estimate of drug-likeness (QED) is 0.478. The lowest BCUT2D eigenvalue weighted by Crippen LogP contribution is -2.38. The number of aromatic nitrogens is 7. The summed E-state index contributed by atoms with van der Waals surface area (Å²) in [5.74, 6) is 0.0270. The summed E-state index contributed by atoms with van der Waals surface area (Å²) in [4.78, 5) is 30.0. The van der Waals surface area contributed by atoms with Crippen LogP contribution in [-0.4, -0.2) is 71.5 Å². The van der Waals surface area contributed by atoms with Crippen molar-refractivity contribution in [2.45, 2.75) is 18.9 Å². The highest BCUT2D eigenvalue weighted by Crippen LogP contribution is 2.28. The van der Waals surface area contributed by atoms with Crippen molar-refractivity contribution in [2.75, 3.05) is 25.9 Å². The van der Waals surface area contributed by atoms with E-state index >= 15 is 0 Å². The van der Waals surface area contributed by atoms with Crippen LogP contribution in [-0.2, 0) is 7.05 Å². The molecule has 1 saturated heterocycles. The predicted molar refractivity (Wildman–Crippen MR) is 119 cm³/mol. The molecule has 1 amide bonds. The Bertz CT molecular complexity index is 1280. The van der Waals surface area contributed by atoms with Gasteiger partial charge in [0.1, 0.15) is 5.69 Å². The Morgan fingerprint density at radius 3 is 2.78 bits per heavy atom. The number of likely N-dealkylation sites (tertiary alicyclic amines) is 1. The molecular weight excluding hydrogens is 408 g/mol. The molecule has 164 valence electrons. The Kier molecular flexibility index (Phi) is 5.02. The Morgan fingerprint density at radius 2 is 2.03 bits per heavy atom. The summed E-state index contributed by atoms with van der Waals surface area (Å²) in [6.07, 6.45) is 7.02. The number of likely N-dealkylation sites (N-methyl/N-ethyl adjacent to an activating group) is 1. The summed E-state index contributed by atoms with van der Waals surface area (Å²) in [5, 5.41) is 11.3. The standard InChI is InChI=1S/C21H24N10O/c1-29-9-3-4-14(29)11-23-21(32)18-19(22)28-20(31-25-7-8-26-31)17(27-18)13-5-6-15-16(10-13)30(2)12-24-15/h5-8,10,12,14H,3-4,9,11H2,1-2H3,(H2,22,28)(H,23,32)/t14-/m1/s1. The molecule has 4 heterocycles. The lowest BCUT2D eigenvalue weighted by Gasteiger charge is -2.20. The second kappa shape index (κ2) is 8.00. The van der Waals surface area contributed by atoms with E-state index in [-0.39, 0.29) is 17.4 Å². The zero-order valence-corrected chi connectivity index (χ0v) is 17.9. The second-order valence-electron chi connectivity index (χ2n) is 7.99. The zero-order chi connectivity index (χ0) is 22.2. The van der Waals surface area contributed by atoms with Crippen molar-refractivity contribution in [3.63, 3.8) is 0 Å². The number of rotatable bonds is 5. The molecule has 1 aromatic carbocycles. The van der Waals surface area contributed by atoms with Gasteiger partial charge in [0.05, 0.1) is 29.8 Å². The Balaban J connectivity index is 1.55. The number of carbonyl (C=O) groups is 1. The molecule has 0 bridgehead atoms. The van der Waals surface area contributed by atoms with Gasteiger partial charge in [-0.2, -0.15) is 10.2 Å². The van der Waals surface area contributed by atoms with Crippen LogP contribution in [0.3, 0.4) is 0 Å². The van der Waals surface area contributed by atoms with Gasteiger partial charge in [0.15, 0.2) is 11.5 Å². The van der Waals surface area contributed by atoms with Crippen molar-refractivity contribution >= 4 is 22.8 Å². The smallest absolute Gasteiger partial charge is 0.273 e. The number of hydrogen-bond donors (Lipinski definition) is 2. The van der Waals surface area contributed by atoms with Gasteiger partial charge in [-0.1, -0.05) is 6.07 Å². The predicted octanol–water partition coefficient (Wildman–Crippen LogP) is 1.02. The molecule has 4 aromatic rings. The average molecular weight is 432 g/mol. The molecule has 5 rings (SSSR count). The Labute approximate surface area is 184 Å². The highest BCUT2D eigenvalue weighted by Gasteiger charge is 2.24. The number of amides is 1. The number of carbonyl (C=O) groups excluding carboxylic acids is 1. The molecule has 11 nitrogen and oxygen atoms in total. The van der Waals surface area contributed by atoms with Gasteiger partial charge < -0.3 is 20.5 Å². The summed E-state index contributed by atoms with van der Waals surface area (Å²) in [6.45, 7) is 1.57. The third-order valence-electron chi connectivity index (χ3n) is 5.90. The minimum atomic E-state index is -0.349. The summed E-state index contributed by atoms with van der Waals surface area (Å²) in [7, 11) is 3.99. The van der Waals surface area contributed by atoms with Gasteiger partial charge in [0.2, 0.25) is 5.82 Å². The molecule has 11 heteroatoms. The Morgan fingerprint density at radius 1 is 1.22 bits per heavy atom. The SMILES string of the molecule is CN1CCC[C@@H]1CNC(=O)c1nc(-c2ccc3ncn(C)c3c2)c(-n2nccn2)nc1N. The minimum absolute atomic E-state index is 0.0277.